The maximum atomic E-state index is 11.7. The minimum Gasteiger partial charge on any atom is -0.329 e. The van der Waals surface area contributed by atoms with Crippen molar-refractivity contribution in [3.05, 3.63) is 35.9 Å². The van der Waals surface area contributed by atoms with E-state index in [1.54, 1.807) is 11.8 Å². The normalized spacial score (nSPS) is 19.9. The molecule has 3 nitrogen and oxygen atoms in total. The van der Waals surface area contributed by atoms with Gasteiger partial charge in [0.25, 0.3) is 0 Å². The van der Waals surface area contributed by atoms with Crippen LogP contribution in [-0.2, 0) is 0 Å². The average molecular weight is 236 g/mol. The number of rotatable bonds is 4. The third kappa shape index (κ3) is 2.50. The van der Waals surface area contributed by atoms with Gasteiger partial charge in [0, 0.05) is 18.8 Å². The van der Waals surface area contributed by atoms with Gasteiger partial charge in [0.15, 0.2) is 0 Å². The fourth-order valence-corrected chi connectivity index (χ4v) is 2.26. The zero-order chi connectivity index (χ0) is 11.4. The molecule has 0 radical (unpaired) electrons. The summed E-state index contributed by atoms with van der Waals surface area (Å²) < 4.78 is 0. The van der Waals surface area contributed by atoms with Crippen LogP contribution >= 0.6 is 11.8 Å². The van der Waals surface area contributed by atoms with Crippen LogP contribution in [0.15, 0.2) is 30.3 Å². The Hall–Kier alpha value is -1.16. The molecule has 0 spiro atoms. The lowest BCUT2D eigenvalue weighted by Crippen LogP contribution is -2.30. The highest BCUT2D eigenvalue weighted by Crippen LogP contribution is 2.19. The molecule has 1 fully saturated rings. The van der Waals surface area contributed by atoms with Crippen LogP contribution in [-0.4, -0.2) is 36.0 Å². The Kier molecular flexibility index (Phi) is 3.72. The van der Waals surface area contributed by atoms with Gasteiger partial charge in [-0.25, -0.2) is 4.79 Å². The molecule has 2 amide bonds. The first-order valence-electron chi connectivity index (χ1n) is 5.40. The first-order valence-corrected chi connectivity index (χ1v) is 6.80. The van der Waals surface area contributed by atoms with E-state index in [1.807, 2.05) is 23.1 Å². The second kappa shape index (κ2) is 5.25. The predicted octanol–water partition coefficient (Wildman–Crippen LogP) is 2.12. The minimum absolute atomic E-state index is 0.0582. The number of nitrogens with one attached hydrogen (secondary N) is 1. The molecular formula is C12H16N2OS. The van der Waals surface area contributed by atoms with E-state index in [-0.39, 0.29) is 12.1 Å². The van der Waals surface area contributed by atoms with Crippen molar-refractivity contribution in [3.8, 4) is 0 Å². The van der Waals surface area contributed by atoms with Gasteiger partial charge in [-0.15, -0.1) is 0 Å². The molecule has 4 heteroatoms. The van der Waals surface area contributed by atoms with Gasteiger partial charge in [-0.05, 0) is 11.8 Å². The summed E-state index contributed by atoms with van der Waals surface area (Å²) in [4.78, 5) is 13.6. The van der Waals surface area contributed by atoms with E-state index in [0.717, 1.165) is 18.8 Å². The van der Waals surface area contributed by atoms with Crippen molar-refractivity contribution < 1.29 is 4.79 Å². The highest BCUT2D eigenvalue weighted by molar-refractivity contribution is 7.98. The van der Waals surface area contributed by atoms with Crippen LogP contribution in [0.5, 0.6) is 0 Å². The number of carbonyl (C=O) groups excluding carboxylic acids is 1. The van der Waals surface area contributed by atoms with E-state index < -0.39 is 0 Å². The smallest absolute Gasteiger partial charge is 0.318 e. The summed E-state index contributed by atoms with van der Waals surface area (Å²) in [7, 11) is 0. The molecule has 1 heterocycles. The molecule has 1 aliphatic heterocycles. The number of hydrogen-bond acceptors (Lipinski definition) is 2. The molecule has 1 N–H and O–H groups in total. The molecule has 0 aliphatic carbocycles. The molecule has 1 atom stereocenters. The quantitative estimate of drug-likeness (QED) is 0.868. The Bertz CT molecular complexity index is 355. The second-order valence-corrected chi connectivity index (χ2v) is 4.84. The molecule has 1 aromatic carbocycles. The van der Waals surface area contributed by atoms with Crippen LogP contribution < -0.4 is 5.32 Å². The van der Waals surface area contributed by atoms with Gasteiger partial charge in [0.2, 0.25) is 0 Å². The number of thioether (sulfide) groups is 1. The van der Waals surface area contributed by atoms with Gasteiger partial charge in [-0.1, -0.05) is 30.3 Å². The van der Waals surface area contributed by atoms with E-state index >= 15 is 0 Å². The van der Waals surface area contributed by atoms with E-state index in [2.05, 4.69) is 23.7 Å². The molecule has 0 saturated carbocycles. The fraction of sp³-hybridized carbons (Fsp3) is 0.417. The summed E-state index contributed by atoms with van der Waals surface area (Å²) in [5.41, 5.74) is 1.18. The van der Waals surface area contributed by atoms with Gasteiger partial charge < -0.3 is 10.2 Å². The van der Waals surface area contributed by atoms with E-state index in [1.165, 1.54) is 5.56 Å². The highest BCUT2D eigenvalue weighted by atomic mass is 32.2. The summed E-state index contributed by atoms with van der Waals surface area (Å²) >= 11 is 1.77. The van der Waals surface area contributed by atoms with E-state index in [0.29, 0.717) is 0 Å². The SMILES string of the molecule is CSCCN1C[C@H](c2ccccc2)NC1=O. The first kappa shape index (κ1) is 11.3. The van der Waals surface area contributed by atoms with Crippen molar-refractivity contribution in [2.75, 3.05) is 25.1 Å². The summed E-state index contributed by atoms with van der Waals surface area (Å²) in [6.07, 6.45) is 2.06. The lowest BCUT2D eigenvalue weighted by Gasteiger charge is -2.13. The summed E-state index contributed by atoms with van der Waals surface area (Å²) in [6.45, 7) is 1.61. The molecule has 1 aliphatic rings. The third-order valence-corrected chi connectivity index (χ3v) is 3.35. The van der Waals surface area contributed by atoms with Gasteiger partial charge in [-0.2, -0.15) is 11.8 Å². The van der Waals surface area contributed by atoms with Crippen LogP contribution in [0.4, 0.5) is 4.79 Å². The number of amides is 2. The summed E-state index contributed by atoms with van der Waals surface area (Å²) in [6, 6.07) is 10.3. The molecule has 86 valence electrons. The molecule has 1 saturated heterocycles. The van der Waals surface area contributed by atoms with Crippen molar-refractivity contribution in [1.82, 2.24) is 10.2 Å². The Morgan fingerprint density at radius 3 is 2.88 bits per heavy atom. The second-order valence-electron chi connectivity index (χ2n) is 3.85. The summed E-state index contributed by atoms with van der Waals surface area (Å²) in [5.74, 6) is 0.995. The zero-order valence-corrected chi connectivity index (χ0v) is 10.2. The number of nitrogens with zero attached hydrogens (tertiary/aromatic N) is 1. The van der Waals surface area contributed by atoms with Crippen LogP contribution in [0.3, 0.4) is 0 Å². The number of hydrogen-bond donors (Lipinski definition) is 1. The van der Waals surface area contributed by atoms with Crippen molar-refractivity contribution in [3.63, 3.8) is 0 Å². The van der Waals surface area contributed by atoms with Crippen LogP contribution in [0.2, 0.25) is 0 Å². The van der Waals surface area contributed by atoms with E-state index in [9.17, 15) is 4.79 Å². The Labute approximate surface area is 100 Å². The summed E-state index contributed by atoms with van der Waals surface area (Å²) in [5, 5.41) is 3.01. The fourth-order valence-electron chi connectivity index (χ4n) is 1.86. The average Bonchev–Trinajstić information content (AvgIpc) is 2.69. The molecule has 16 heavy (non-hydrogen) atoms. The van der Waals surface area contributed by atoms with Gasteiger partial charge >= 0.3 is 6.03 Å². The van der Waals surface area contributed by atoms with Crippen LogP contribution in [0, 0.1) is 0 Å². The van der Waals surface area contributed by atoms with Crippen molar-refractivity contribution in [2.24, 2.45) is 0 Å². The van der Waals surface area contributed by atoms with Gasteiger partial charge in [0.05, 0.1) is 6.04 Å². The van der Waals surface area contributed by atoms with Crippen molar-refractivity contribution in [1.29, 1.82) is 0 Å². The van der Waals surface area contributed by atoms with Crippen molar-refractivity contribution >= 4 is 17.8 Å². The number of urea groups is 1. The Morgan fingerprint density at radius 1 is 1.44 bits per heavy atom. The molecule has 2 rings (SSSR count). The first-order chi connectivity index (χ1) is 7.81. The molecular weight excluding hydrogens is 220 g/mol. The monoisotopic (exact) mass is 236 g/mol. The lowest BCUT2D eigenvalue weighted by molar-refractivity contribution is 0.220. The minimum atomic E-state index is 0.0582. The highest BCUT2D eigenvalue weighted by Gasteiger charge is 2.28. The van der Waals surface area contributed by atoms with Crippen LogP contribution in [0.1, 0.15) is 11.6 Å². The Morgan fingerprint density at radius 2 is 2.19 bits per heavy atom. The number of benzene rings is 1. The maximum absolute atomic E-state index is 11.7. The van der Waals surface area contributed by atoms with Crippen LogP contribution in [0.25, 0.3) is 0 Å². The maximum Gasteiger partial charge on any atom is 0.318 e. The largest absolute Gasteiger partial charge is 0.329 e. The molecule has 0 aromatic heterocycles. The third-order valence-electron chi connectivity index (χ3n) is 2.76. The van der Waals surface area contributed by atoms with Crippen molar-refractivity contribution in [2.45, 2.75) is 6.04 Å². The standard InChI is InChI=1S/C12H16N2OS/c1-16-8-7-14-9-11(13-12(14)15)10-5-3-2-4-6-10/h2-6,11H,7-9H2,1H3,(H,13,15)/t11-/m1/s1. The number of carbonyl (C=O) groups is 1. The van der Waals surface area contributed by atoms with E-state index in [4.69, 9.17) is 0 Å². The molecule has 1 aromatic rings. The Balaban J connectivity index is 1.98. The lowest BCUT2D eigenvalue weighted by atomic mass is 10.1. The van der Waals surface area contributed by atoms with Gasteiger partial charge in [0.1, 0.15) is 0 Å². The molecule has 0 unspecified atom stereocenters. The molecule has 0 bridgehead atoms. The predicted molar refractivity (Wildman–Crippen MR) is 67.7 cm³/mol. The topological polar surface area (TPSA) is 32.3 Å². The van der Waals surface area contributed by atoms with Gasteiger partial charge in [-0.3, -0.25) is 0 Å². The zero-order valence-electron chi connectivity index (χ0n) is 9.35.